The lowest BCUT2D eigenvalue weighted by Gasteiger charge is -2.26. The van der Waals surface area contributed by atoms with Gasteiger partial charge in [0.1, 0.15) is 4.90 Å². The zero-order chi connectivity index (χ0) is 17.2. The fourth-order valence-electron chi connectivity index (χ4n) is 3.43. The topological polar surface area (TPSA) is 66.5 Å². The first-order valence-electron chi connectivity index (χ1n) is 8.59. The van der Waals surface area contributed by atoms with Gasteiger partial charge in [0.05, 0.1) is 5.02 Å². The van der Waals surface area contributed by atoms with E-state index in [0.29, 0.717) is 18.7 Å². The number of carbonyl (C=O) groups is 1. The molecule has 1 heterocycles. The van der Waals surface area contributed by atoms with Crippen LogP contribution in [0, 0.1) is 0 Å². The highest BCUT2D eigenvalue weighted by Crippen LogP contribution is 2.28. The fourth-order valence-corrected chi connectivity index (χ4v) is 5.44. The average Bonchev–Trinajstić information content (AvgIpc) is 3.09. The normalized spacial score (nSPS) is 20.2. The molecule has 7 heteroatoms. The Labute approximate surface area is 148 Å². The van der Waals surface area contributed by atoms with Crippen LogP contribution in [0.3, 0.4) is 0 Å². The molecule has 1 aliphatic carbocycles. The van der Waals surface area contributed by atoms with E-state index in [-0.39, 0.29) is 21.9 Å². The van der Waals surface area contributed by atoms with Gasteiger partial charge in [-0.3, -0.25) is 4.79 Å². The fraction of sp³-hybridized carbons (Fsp3) is 0.588. The van der Waals surface area contributed by atoms with E-state index < -0.39 is 10.0 Å². The van der Waals surface area contributed by atoms with Crippen molar-refractivity contribution in [2.75, 3.05) is 13.1 Å². The van der Waals surface area contributed by atoms with Crippen LogP contribution in [0.5, 0.6) is 0 Å². The third-order valence-corrected chi connectivity index (χ3v) is 7.20. The predicted molar refractivity (Wildman–Crippen MR) is 93.8 cm³/mol. The van der Waals surface area contributed by atoms with Crippen LogP contribution in [0.15, 0.2) is 23.1 Å². The van der Waals surface area contributed by atoms with Crippen molar-refractivity contribution in [2.45, 2.75) is 55.9 Å². The Kier molecular flexibility index (Phi) is 5.47. The van der Waals surface area contributed by atoms with E-state index in [1.165, 1.54) is 16.4 Å². The maximum Gasteiger partial charge on any atom is 0.251 e. The molecular formula is C17H23ClN2O3S. The van der Waals surface area contributed by atoms with Crippen LogP contribution in [-0.2, 0) is 10.0 Å². The molecule has 5 nitrogen and oxygen atoms in total. The highest BCUT2D eigenvalue weighted by atomic mass is 35.5. The smallest absolute Gasteiger partial charge is 0.251 e. The minimum Gasteiger partial charge on any atom is -0.349 e. The highest BCUT2D eigenvalue weighted by molar-refractivity contribution is 7.89. The van der Waals surface area contributed by atoms with Gasteiger partial charge in [-0.15, -0.1) is 0 Å². The average molecular weight is 371 g/mol. The molecule has 1 saturated carbocycles. The minimum absolute atomic E-state index is 0.0325. The summed E-state index contributed by atoms with van der Waals surface area (Å²) in [5.41, 5.74) is 0.349. The van der Waals surface area contributed by atoms with Gasteiger partial charge in [-0.2, -0.15) is 4.31 Å². The monoisotopic (exact) mass is 370 g/mol. The lowest BCUT2D eigenvalue weighted by Crippen LogP contribution is -2.36. The Morgan fingerprint density at radius 2 is 1.75 bits per heavy atom. The summed E-state index contributed by atoms with van der Waals surface area (Å²) in [4.78, 5) is 12.4. The Morgan fingerprint density at radius 1 is 1.08 bits per heavy atom. The van der Waals surface area contributed by atoms with Crippen molar-refractivity contribution in [3.8, 4) is 0 Å². The second-order valence-electron chi connectivity index (χ2n) is 6.56. The van der Waals surface area contributed by atoms with Crippen LogP contribution < -0.4 is 5.32 Å². The highest BCUT2D eigenvalue weighted by Gasteiger charge is 2.29. The molecule has 0 radical (unpaired) electrons. The van der Waals surface area contributed by atoms with Gasteiger partial charge in [0.15, 0.2) is 0 Å². The van der Waals surface area contributed by atoms with Crippen LogP contribution in [0.2, 0.25) is 5.02 Å². The van der Waals surface area contributed by atoms with E-state index in [1.54, 1.807) is 6.07 Å². The van der Waals surface area contributed by atoms with Crippen LogP contribution in [-0.4, -0.2) is 37.8 Å². The molecule has 1 N–H and O–H groups in total. The Hall–Kier alpha value is -1.11. The summed E-state index contributed by atoms with van der Waals surface area (Å²) >= 11 is 6.14. The molecule has 24 heavy (non-hydrogen) atoms. The molecule has 1 saturated heterocycles. The summed E-state index contributed by atoms with van der Waals surface area (Å²) in [5, 5.41) is 3.15. The first-order chi connectivity index (χ1) is 11.5. The van der Waals surface area contributed by atoms with Gasteiger partial charge in [-0.25, -0.2) is 8.42 Å². The van der Waals surface area contributed by atoms with Crippen LogP contribution in [0.25, 0.3) is 0 Å². The van der Waals surface area contributed by atoms with E-state index in [9.17, 15) is 13.2 Å². The predicted octanol–water partition coefficient (Wildman–Crippen LogP) is 3.19. The summed E-state index contributed by atoms with van der Waals surface area (Å²) < 4.78 is 27.1. The molecule has 1 aromatic carbocycles. The maximum absolute atomic E-state index is 12.8. The van der Waals surface area contributed by atoms with E-state index in [4.69, 9.17) is 11.6 Å². The van der Waals surface area contributed by atoms with E-state index in [0.717, 1.165) is 44.9 Å². The van der Waals surface area contributed by atoms with Gasteiger partial charge < -0.3 is 5.32 Å². The van der Waals surface area contributed by atoms with Crippen molar-refractivity contribution < 1.29 is 13.2 Å². The first kappa shape index (κ1) is 17.7. The Morgan fingerprint density at radius 3 is 2.42 bits per heavy atom. The number of halogens is 1. The number of sulfonamides is 1. The van der Waals surface area contributed by atoms with Gasteiger partial charge >= 0.3 is 0 Å². The van der Waals surface area contributed by atoms with Crippen molar-refractivity contribution in [3.63, 3.8) is 0 Å². The summed E-state index contributed by atoms with van der Waals surface area (Å²) in [6.07, 6.45) is 6.98. The van der Waals surface area contributed by atoms with E-state index in [1.807, 2.05) is 0 Å². The minimum atomic E-state index is -3.65. The number of benzene rings is 1. The summed E-state index contributed by atoms with van der Waals surface area (Å²) in [5.74, 6) is -0.228. The quantitative estimate of drug-likeness (QED) is 0.885. The molecule has 1 aliphatic heterocycles. The number of hydrogen-bond donors (Lipinski definition) is 1. The maximum atomic E-state index is 12.8. The molecule has 0 bridgehead atoms. The molecule has 3 rings (SSSR count). The molecule has 132 valence electrons. The number of rotatable bonds is 4. The van der Waals surface area contributed by atoms with Crippen LogP contribution in [0.1, 0.15) is 55.3 Å². The molecular weight excluding hydrogens is 348 g/mol. The van der Waals surface area contributed by atoms with Gasteiger partial charge in [-0.05, 0) is 43.9 Å². The zero-order valence-electron chi connectivity index (χ0n) is 13.6. The SMILES string of the molecule is O=C(NC1CCCC1)c1ccc(Cl)c(S(=O)(=O)N2CCCCC2)c1. The summed E-state index contributed by atoms with van der Waals surface area (Å²) in [6.45, 7) is 1.02. The lowest BCUT2D eigenvalue weighted by molar-refractivity contribution is 0.0937. The van der Waals surface area contributed by atoms with Crippen LogP contribution in [0.4, 0.5) is 0 Å². The van der Waals surface area contributed by atoms with Crippen LogP contribution >= 0.6 is 11.6 Å². The summed E-state index contributed by atoms with van der Waals surface area (Å²) in [6, 6.07) is 4.69. The van der Waals surface area contributed by atoms with Gasteiger partial charge in [0.2, 0.25) is 10.0 Å². The van der Waals surface area contributed by atoms with Gasteiger partial charge in [0.25, 0.3) is 5.91 Å². The standard InChI is InChI=1S/C17H23ClN2O3S/c18-15-9-8-13(17(21)19-14-6-2-3-7-14)12-16(15)24(22,23)20-10-4-1-5-11-20/h8-9,12,14H,1-7,10-11H2,(H,19,21). The second-order valence-corrected chi connectivity index (χ2v) is 8.88. The molecule has 1 aromatic rings. The largest absolute Gasteiger partial charge is 0.349 e. The molecule has 1 amide bonds. The van der Waals surface area contributed by atoms with Crippen molar-refractivity contribution in [2.24, 2.45) is 0 Å². The lowest BCUT2D eigenvalue weighted by atomic mass is 10.2. The molecule has 2 fully saturated rings. The molecule has 0 atom stereocenters. The van der Waals surface area contributed by atoms with Gasteiger partial charge in [0, 0.05) is 24.7 Å². The number of nitrogens with one attached hydrogen (secondary N) is 1. The van der Waals surface area contributed by atoms with Crippen molar-refractivity contribution in [1.29, 1.82) is 0 Å². The summed E-state index contributed by atoms with van der Waals surface area (Å²) in [7, 11) is -3.65. The number of carbonyl (C=O) groups excluding carboxylic acids is 1. The third kappa shape index (κ3) is 3.76. The first-order valence-corrected chi connectivity index (χ1v) is 10.4. The molecule has 0 unspecified atom stereocenters. The number of nitrogens with zero attached hydrogens (tertiary/aromatic N) is 1. The molecule has 0 aromatic heterocycles. The van der Waals surface area contributed by atoms with Crippen molar-refractivity contribution in [3.05, 3.63) is 28.8 Å². The number of hydrogen-bond acceptors (Lipinski definition) is 3. The zero-order valence-corrected chi connectivity index (χ0v) is 15.2. The molecule has 0 spiro atoms. The molecule has 2 aliphatic rings. The van der Waals surface area contributed by atoms with Crippen molar-refractivity contribution in [1.82, 2.24) is 9.62 Å². The third-order valence-electron chi connectivity index (χ3n) is 4.82. The van der Waals surface area contributed by atoms with Gasteiger partial charge in [-0.1, -0.05) is 30.9 Å². The Balaban J connectivity index is 1.84. The van der Waals surface area contributed by atoms with E-state index >= 15 is 0 Å². The number of piperidine rings is 1. The van der Waals surface area contributed by atoms with Crippen molar-refractivity contribution >= 4 is 27.5 Å². The van der Waals surface area contributed by atoms with E-state index in [2.05, 4.69) is 5.32 Å². The Bertz CT molecular complexity index is 709. The second kappa shape index (κ2) is 7.42. The number of amides is 1.